The van der Waals surface area contributed by atoms with E-state index in [2.05, 4.69) is 16.3 Å². The number of anilines is 1. The summed E-state index contributed by atoms with van der Waals surface area (Å²) >= 11 is 6.07. The van der Waals surface area contributed by atoms with Crippen LogP contribution in [0.1, 0.15) is 47.2 Å². The first-order valence-corrected chi connectivity index (χ1v) is 15.9. The fourth-order valence-electron chi connectivity index (χ4n) is 5.91. The summed E-state index contributed by atoms with van der Waals surface area (Å²) in [6.45, 7) is 1.85. The van der Waals surface area contributed by atoms with Crippen molar-refractivity contribution in [2.75, 3.05) is 43.9 Å². The van der Waals surface area contributed by atoms with E-state index in [0.717, 1.165) is 11.1 Å². The molecule has 3 heterocycles. The number of nitriles is 2. The number of benzene rings is 2. The van der Waals surface area contributed by atoms with Gasteiger partial charge in [0.05, 0.1) is 23.8 Å². The Bertz CT molecular complexity index is 1620. The number of nitrogens with zero attached hydrogens (tertiary/aromatic N) is 7. The van der Waals surface area contributed by atoms with Gasteiger partial charge in [-0.25, -0.2) is 8.42 Å². The van der Waals surface area contributed by atoms with Crippen molar-refractivity contribution in [3.8, 4) is 12.1 Å². The number of rotatable bonds is 5. The number of aromatic nitrogens is 2. The molecule has 10 nitrogen and oxygen atoms in total. The van der Waals surface area contributed by atoms with E-state index in [0.29, 0.717) is 48.9 Å². The van der Waals surface area contributed by atoms with Crippen molar-refractivity contribution in [1.29, 1.82) is 10.5 Å². The highest BCUT2D eigenvalue weighted by Crippen LogP contribution is 2.37. The zero-order chi connectivity index (χ0) is 29.9. The first kappa shape index (κ1) is 29.5. The van der Waals surface area contributed by atoms with E-state index in [1.54, 1.807) is 41.3 Å². The Hall–Kier alpha value is -4.03. The van der Waals surface area contributed by atoms with Crippen LogP contribution in [0.4, 0.5) is 5.82 Å². The maximum Gasteiger partial charge on any atom is 0.228 e. The van der Waals surface area contributed by atoms with E-state index in [-0.39, 0.29) is 36.7 Å². The lowest BCUT2D eigenvalue weighted by Crippen LogP contribution is -2.47. The fraction of sp³-hybridized carbons (Fsp3) is 0.367. The molecule has 1 unspecified atom stereocenters. The van der Waals surface area contributed by atoms with Crippen LogP contribution in [0.3, 0.4) is 0 Å². The maximum absolute atomic E-state index is 14.2. The largest absolute Gasteiger partial charge is 0.354 e. The molecule has 0 saturated carbocycles. The second-order valence-corrected chi connectivity index (χ2v) is 13.0. The predicted molar refractivity (Wildman–Crippen MR) is 158 cm³/mol. The van der Waals surface area contributed by atoms with Crippen LogP contribution in [-0.2, 0) is 14.8 Å². The molecule has 2 saturated heterocycles. The van der Waals surface area contributed by atoms with Gasteiger partial charge in [-0.2, -0.15) is 14.8 Å². The van der Waals surface area contributed by atoms with Crippen molar-refractivity contribution in [3.63, 3.8) is 0 Å². The second kappa shape index (κ2) is 12.5. The number of carbonyl (C=O) groups is 1. The lowest BCUT2D eigenvalue weighted by molar-refractivity contribution is -0.135. The van der Waals surface area contributed by atoms with Crippen molar-refractivity contribution in [3.05, 3.63) is 88.1 Å². The third-order valence-corrected chi connectivity index (χ3v) is 9.57. The van der Waals surface area contributed by atoms with Gasteiger partial charge in [0.2, 0.25) is 15.9 Å². The number of amides is 1. The fourth-order valence-corrected chi connectivity index (χ4v) is 7.14. The van der Waals surface area contributed by atoms with Gasteiger partial charge in [0.25, 0.3) is 0 Å². The minimum Gasteiger partial charge on any atom is -0.354 e. The summed E-state index contributed by atoms with van der Waals surface area (Å²) < 4.78 is 27.3. The molecular weight excluding hydrogens is 574 g/mol. The maximum atomic E-state index is 14.2. The third kappa shape index (κ3) is 6.39. The zero-order valence-corrected chi connectivity index (χ0v) is 24.7. The average Bonchev–Trinajstić information content (AvgIpc) is 3.42. The quantitative estimate of drug-likeness (QED) is 0.431. The van der Waals surface area contributed by atoms with Crippen LogP contribution in [0.2, 0.25) is 5.02 Å². The molecule has 42 heavy (non-hydrogen) atoms. The minimum absolute atomic E-state index is 0.0492. The van der Waals surface area contributed by atoms with Crippen molar-refractivity contribution < 1.29 is 13.2 Å². The van der Waals surface area contributed by atoms with Crippen molar-refractivity contribution >= 4 is 33.3 Å². The van der Waals surface area contributed by atoms with E-state index < -0.39 is 15.9 Å². The van der Waals surface area contributed by atoms with Gasteiger partial charge in [0.1, 0.15) is 6.07 Å². The van der Waals surface area contributed by atoms with E-state index in [4.69, 9.17) is 16.9 Å². The molecule has 2 fully saturated rings. The molecule has 0 spiro atoms. The molecule has 2 aromatic carbocycles. The number of hydrogen-bond donors (Lipinski definition) is 0. The monoisotopic (exact) mass is 603 g/mol. The lowest BCUT2D eigenvalue weighted by Gasteiger charge is -2.37. The van der Waals surface area contributed by atoms with Crippen LogP contribution >= 0.6 is 11.6 Å². The van der Waals surface area contributed by atoms with E-state index >= 15 is 0 Å². The highest BCUT2D eigenvalue weighted by Gasteiger charge is 2.42. The smallest absolute Gasteiger partial charge is 0.228 e. The molecule has 2 aliphatic rings. The summed E-state index contributed by atoms with van der Waals surface area (Å²) in [4.78, 5) is 18.0. The van der Waals surface area contributed by atoms with Gasteiger partial charge in [-0.15, -0.1) is 10.2 Å². The summed E-state index contributed by atoms with van der Waals surface area (Å²) in [7, 11) is -3.56. The standard InChI is InChI=1S/C30H30ClN7O3S/c1-42(40,41)38-16-15-36(14-2-3-28(38)23-8-10-24(31)11-9-23)30(39)27-20-37(29-13-12-25(18-33)34-35-29)19-26(27)22-6-4-21(17-32)5-7-22/h4-13,26-28H,2-3,14-16,19-20H2,1H3/t26-,27+,28?/m0/s1. The average molecular weight is 604 g/mol. The van der Waals surface area contributed by atoms with Crippen LogP contribution in [0, 0.1) is 28.6 Å². The van der Waals surface area contributed by atoms with Gasteiger partial charge in [-0.05, 0) is 60.4 Å². The van der Waals surface area contributed by atoms with E-state index in [9.17, 15) is 18.5 Å². The highest BCUT2D eigenvalue weighted by atomic mass is 35.5. The zero-order valence-electron chi connectivity index (χ0n) is 23.1. The molecule has 3 aromatic rings. The Kier molecular flexibility index (Phi) is 8.74. The second-order valence-electron chi connectivity index (χ2n) is 10.6. The lowest BCUT2D eigenvalue weighted by atomic mass is 9.87. The van der Waals surface area contributed by atoms with Crippen molar-refractivity contribution in [2.45, 2.75) is 24.8 Å². The highest BCUT2D eigenvalue weighted by molar-refractivity contribution is 7.88. The minimum atomic E-state index is -3.56. The number of sulfonamides is 1. The normalized spacial score (nSPS) is 21.7. The SMILES string of the molecule is CS(=O)(=O)N1CCN(C(=O)[C@@H]2CN(c3ccc(C#N)nn3)C[C@H]2c2ccc(C#N)cc2)CCCC1c1ccc(Cl)cc1. The molecule has 2 aliphatic heterocycles. The molecule has 12 heteroatoms. The molecule has 0 N–H and O–H groups in total. The first-order valence-electron chi connectivity index (χ1n) is 13.7. The van der Waals surface area contributed by atoms with Gasteiger partial charge < -0.3 is 9.80 Å². The molecule has 3 atom stereocenters. The molecule has 0 radical (unpaired) electrons. The molecule has 1 aromatic heterocycles. The number of carbonyl (C=O) groups excluding carboxylic acids is 1. The summed E-state index contributed by atoms with van der Waals surface area (Å²) in [5.74, 6) is -0.0777. The Balaban J connectivity index is 1.40. The van der Waals surface area contributed by atoms with Crippen LogP contribution in [0.15, 0.2) is 60.7 Å². The Morgan fingerprint density at radius 3 is 2.24 bits per heavy atom. The summed E-state index contributed by atoms with van der Waals surface area (Å²) in [6, 6.07) is 21.6. The van der Waals surface area contributed by atoms with Crippen LogP contribution in [0.25, 0.3) is 0 Å². The van der Waals surface area contributed by atoms with Crippen molar-refractivity contribution in [2.24, 2.45) is 5.92 Å². The number of hydrogen-bond acceptors (Lipinski definition) is 8. The van der Waals surface area contributed by atoms with Gasteiger partial charge in [-0.3, -0.25) is 4.79 Å². The summed E-state index contributed by atoms with van der Waals surface area (Å²) in [5.41, 5.74) is 2.56. The number of halogens is 1. The predicted octanol–water partition coefficient (Wildman–Crippen LogP) is 3.72. The van der Waals surface area contributed by atoms with Crippen LogP contribution in [-0.4, -0.2) is 72.7 Å². The third-order valence-electron chi connectivity index (χ3n) is 8.03. The van der Waals surface area contributed by atoms with Gasteiger partial charge in [0.15, 0.2) is 11.5 Å². The molecular formula is C30H30ClN7O3S. The van der Waals surface area contributed by atoms with Crippen molar-refractivity contribution in [1.82, 2.24) is 19.4 Å². The topological polar surface area (TPSA) is 134 Å². The first-order chi connectivity index (χ1) is 20.2. The van der Waals surface area contributed by atoms with Crippen LogP contribution in [0.5, 0.6) is 0 Å². The summed E-state index contributed by atoms with van der Waals surface area (Å²) in [5, 5.41) is 27.1. The molecule has 216 valence electrons. The Morgan fingerprint density at radius 2 is 1.62 bits per heavy atom. The van der Waals surface area contributed by atoms with E-state index in [1.165, 1.54) is 10.6 Å². The Labute approximate surface area is 250 Å². The van der Waals surface area contributed by atoms with Crippen LogP contribution < -0.4 is 4.90 Å². The van der Waals surface area contributed by atoms with Gasteiger partial charge in [0, 0.05) is 49.7 Å². The van der Waals surface area contributed by atoms with Gasteiger partial charge in [-0.1, -0.05) is 35.9 Å². The van der Waals surface area contributed by atoms with Gasteiger partial charge >= 0.3 is 0 Å². The molecule has 5 rings (SSSR count). The molecule has 0 aliphatic carbocycles. The molecule has 1 amide bonds. The summed E-state index contributed by atoms with van der Waals surface area (Å²) in [6.07, 6.45) is 2.40. The van der Waals surface area contributed by atoms with E-state index in [1.807, 2.05) is 35.2 Å². The molecule has 0 bridgehead atoms. The Morgan fingerprint density at radius 1 is 0.905 bits per heavy atom.